The molecule has 0 saturated carbocycles. The van der Waals surface area contributed by atoms with Gasteiger partial charge < -0.3 is 15.1 Å². The number of amides is 1. The van der Waals surface area contributed by atoms with Gasteiger partial charge in [0.2, 0.25) is 0 Å². The molecule has 0 bridgehead atoms. The maximum Gasteiger partial charge on any atom is 0.270 e. The van der Waals surface area contributed by atoms with E-state index < -0.39 is 0 Å². The topological polar surface area (TPSA) is 61.4 Å². The highest BCUT2D eigenvalue weighted by Gasteiger charge is 2.10. The van der Waals surface area contributed by atoms with Gasteiger partial charge in [0.25, 0.3) is 5.91 Å². The average Bonchev–Trinajstić information content (AvgIpc) is 2.40. The molecule has 1 heterocycles. The minimum Gasteiger partial charge on any atom is -0.357 e. The first kappa shape index (κ1) is 15.4. The summed E-state index contributed by atoms with van der Waals surface area (Å²) in [6, 6.07) is 1.73. The van der Waals surface area contributed by atoms with Crippen molar-refractivity contribution >= 4 is 11.7 Å². The van der Waals surface area contributed by atoms with Crippen LogP contribution in [-0.2, 0) is 0 Å². The van der Waals surface area contributed by atoms with Crippen molar-refractivity contribution in [2.24, 2.45) is 0 Å². The standard InChI is InChI=1S/C13H23N5O/c1-5-18(6-2)12-9-11(15-10-16-12)13(19)14-7-8-17(3)4/h9-10H,5-8H2,1-4H3,(H,14,19). The van der Waals surface area contributed by atoms with E-state index in [1.54, 1.807) is 6.07 Å². The molecule has 1 aromatic heterocycles. The van der Waals surface area contributed by atoms with Crippen LogP contribution in [0, 0.1) is 0 Å². The molecule has 0 spiro atoms. The highest BCUT2D eigenvalue weighted by atomic mass is 16.1. The Bertz CT molecular complexity index is 404. The average molecular weight is 265 g/mol. The first-order chi connectivity index (χ1) is 9.08. The summed E-state index contributed by atoms with van der Waals surface area (Å²) in [7, 11) is 3.94. The van der Waals surface area contributed by atoms with E-state index in [-0.39, 0.29) is 5.91 Å². The zero-order valence-electron chi connectivity index (χ0n) is 12.2. The van der Waals surface area contributed by atoms with Crippen LogP contribution in [-0.4, -0.2) is 61.0 Å². The monoisotopic (exact) mass is 265 g/mol. The number of carbonyl (C=O) groups excluding carboxylic acids is 1. The van der Waals surface area contributed by atoms with Gasteiger partial charge in [0, 0.05) is 32.2 Å². The number of nitrogens with one attached hydrogen (secondary N) is 1. The fourth-order valence-corrected chi connectivity index (χ4v) is 1.68. The van der Waals surface area contributed by atoms with E-state index >= 15 is 0 Å². The maximum atomic E-state index is 11.9. The van der Waals surface area contributed by atoms with E-state index in [0.717, 1.165) is 25.5 Å². The van der Waals surface area contributed by atoms with E-state index in [9.17, 15) is 4.79 Å². The molecule has 0 saturated heterocycles. The molecule has 0 fully saturated rings. The Morgan fingerprint density at radius 2 is 1.95 bits per heavy atom. The largest absolute Gasteiger partial charge is 0.357 e. The molecular weight excluding hydrogens is 242 g/mol. The molecule has 0 aliphatic rings. The molecule has 1 rings (SSSR count). The van der Waals surface area contributed by atoms with Crippen molar-refractivity contribution in [3.63, 3.8) is 0 Å². The summed E-state index contributed by atoms with van der Waals surface area (Å²) >= 11 is 0. The fourth-order valence-electron chi connectivity index (χ4n) is 1.68. The third-order valence-corrected chi connectivity index (χ3v) is 2.82. The molecule has 0 atom stereocenters. The number of hydrogen-bond donors (Lipinski definition) is 1. The number of nitrogens with zero attached hydrogens (tertiary/aromatic N) is 4. The Labute approximate surface area is 114 Å². The Hall–Kier alpha value is -1.69. The van der Waals surface area contributed by atoms with Gasteiger partial charge in [-0.2, -0.15) is 0 Å². The van der Waals surface area contributed by atoms with E-state index in [2.05, 4.69) is 34.0 Å². The lowest BCUT2D eigenvalue weighted by Crippen LogP contribution is -2.32. The Kier molecular flexibility index (Phi) is 6.21. The molecule has 19 heavy (non-hydrogen) atoms. The van der Waals surface area contributed by atoms with Crippen molar-refractivity contribution < 1.29 is 4.79 Å². The van der Waals surface area contributed by atoms with Crippen molar-refractivity contribution in [3.05, 3.63) is 18.1 Å². The summed E-state index contributed by atoms with van der Waals surface area (Å²) in [5.74, 6) is 0.635. The van der Waals surface area contributed by atoms with Gasteiger partial charge in [-0.3, -0.25) is 4.79 Å². The Morgan fingerprint density at radius 3 is 2.53 bits per heavy atom. The predicted molar refractivity (Wildman–Crippen MR) is 76.5 cm³/mol. The summed E-state index contributed by atoms with van der Waals surface area (Å²) in [6.07, 6.45) is 1.44. The van der Waals surface area contributed by atoms with Crippen LogP contribution in [0.5, 0.6) is 0 Å². The lowest BCUT2D eigenvalue weighted by Gasteiger charge is -2.19. The van der Waals surface area contributed by atoms with Gasteiger partial charge in [0.1, 0.15) is 17.8 Å². The molecule has 6 nitrogen and oxygen atoms in total. The van der Waals surface area contributed by atoms with Gasteiger partial charge in [-0.15, -0.1) is 0 Å². The van der Waals surface area contributed by atoms with E-state index in [4.69, 9.17) is 0 Å². The zero-order chi connectivity index (χ0) is 14.3. The molecule has 0 aliphatic heterocycles. The van der Waals surface area contributed by atoms with Gasteiger partial charge in [0.15, 0.2) is 0 Å². The molecule has 0 unspecified atom stereocenters. The number of aromatic nitrogens is 2. The number of anilines is 1. The second-order valence-corrected chi connectivity index (χ2v) is 4.49. The Balaban J connectivity index is 2.67. The summed E-state index contributed by atoms with van der Waals surface area (Å²) < 4.78 is 0. The van der Waals surface area contributed by atoms with Gasteiger partial charge in [-0.1, -0.05) is 0 Å². The third-order valence-electron chi connectivity index (χ3n) is 2.82. The van der Waals surface area contributed by atoms with Crippen LogP contribution in [0.4, 0.5) is 5.82 Å². The summed E-state index contributed by atoms with van der Waals surface area (Å²) in [5.41, 5.74) is 0.413. The van der Waals surface area contributed by atoms with Crippen LogP contribution in [0.15, 0.2) is 12.4 Å². The van der Waals surface area contributed by atoms with E-state index in [0.29, 0.717) is 12.2 Å². The second kappa shape index (κ2) is 7.68. The number of carbonyl (C=O) groups is 1. The molecule has 106 valence electrons. The lowest BCUT2D eigenvalue weighted by atomic mass is 10.3. The first-order valence-corrected chi connectivity index (χ1v) is 6.58. The second-order valence-electron chi connectivity index (χ2n) is 4.49. The highest BCUT2D eigenvalue weighted by molar-refractivity contribution is 5.92. The fraction of sp³-hybridized carbons (Fsp3) is 0.615. The molecular formula is C13H23N5O. The van der Waals surface area contributed by atoms with Gasteiger partial charge in [-0.25, -0.2) is 9.97 Å². The van der Waals surface area contributed by atoms with Crippen LogP contribution in [0.1, 0.15) is 24.3 Å². The highest BCUT2D eigenvalue weighted by Crippen LogP contribution is 2.10. The van der Waals surface area contributed by atoms with Crippen molar-refractivity contribution in [2.75, 3.05) is 45.2 Å². The Morgan fingerprint density at radius 1 is 1.26 bits per heavy atom. The minimum absolute atomic E-state index is 0.155. The normalized spacial score (nSPS) is 10.6. The lowest BCUT2D eigenvalue weighted by molar-refractivity contribution is 0.0946. The molecule has 0 aromatic carbocycles. The number of likely N-dealkylation sites (N-methyl/N-ethyl adjacent to an activating group) is 1. The molecule has 6 heteroatoms. The molecule has 0 radical (unpaired) electrons. The molecule has 1 aromatic rings. The van der Waals surface area contributed by atoms with Gasteiger partial charge in [0.05, 0.1) is 0 Å². The molecule has 1 amide bonds. The number of rotatable bonds is 7. The summed E-state index contributed by atoms with van der Waals surface area (Å²) in [6.45, 7) is 7.24. The molecule has 1 N–H and O–H groups in total. The van der Waals surface area contributed by atoms with Gasteiger partial charge >= 0.3 is 0 Å². The maximum absolute atomic E-state index is 11.9. The van der Waals surface area contributed by atoms with Crippen LogP contribution >= 0.6 is 0 Å². The molecule has 0 aliphatic carbocycles. The minimum atomic E-state index is -0.155. The zero-order valence-corrected chi connectivity index (χ0v) is 12.2. The van der Waals surface area contributed by atoms with Crippen molar-refractivity contribution in [1.29, 1.82) is 0 Å². The summed E-state index contributed by atoms with van der Waals surface area (Å²) in [4.78, 5) is 24.3. The third kappa shape index (κ3) is 4.82. The smallest absolute Gasteiger partial charge is 0.270 e. The van der Waals surface area contributed by atoms with E-state index in [1.807, 2.05) is 19.0 Å². The van der Waals surface area contributed by atoms with Crippen LogP contribution < -0.4 is 10.2 Å². The van der Waals surface area contributed by atoms with E-state index in [1.165, 1.54) is 6.33 Å². The quantitative estimate of drug-likeness (QED) is 0.783. The van der Waals surface area contributed by atoms with Gasteiger partial charge in [-0.05, 0) is 27.9 Å². The van der Waals surface area contributed by atoms with Crippen molar-refractivity contribution in [3.8, 4) is 0 Å². The number of hydrogen-bond acceptors (Lipinski definition) is 5. The van der Waals surface area contributed by atoms with Crippen molar-refractivity contribution in [2.45, 2.75) is 13.8 Å². The van der Waals surface area contributed by atoms with Crippen molar-refractivity contribution in [1.82, 2.24) is 20.2 Å². The SMILES string of the molecule is CCN(CC)c1cc(C(=O)NCCN(C)C)ncn1. The first-order valence-electron chi connectivity index (χ1n) is 6.58. The summed E-state index contributed by atoms with van der Waals surface area (Å²) in [5, 5.41) is 2.84. The van der Waals surface area contributed by atoms with Crippen LogP contribution in [0.2, 0.25) is 0 Å². The van der Waals surface area contributed by atoms with Crippen LogP contribution in [0.3, 0.4) is 0 Å². The van der Waals surface area contributed by atoms with Crippen LogP contribution in [0.25, 0.3) is 0 Å². The predicted octanol–water partition coefficient (Wildman–Crippen LogP) is 0.614.